The fourth-order valence-electron chi connectivity index (χ4n) is 1.07. The summed E-state index contributed by atoms with van der Waals surface area (Å²) in [4.78, 5) is 28.0. The summed E-state index contributed by atoms with van der Waals surface area (Å²) in [5.74, 6) is -1.03. The van der Waals surface area contributed by atoms with Crippen molar-refractivity contribution in [2.75, 3.05) is 14.1 Å². The largest absolute Gasteiger partial charge is 0.391 e. The van der Waals surface area contributed by atoms with Crippen LogP contribution in [0.1, 0.15) is 19.8 Å². The third-order valence-corrected chi connectivity index (χ3v) is 2.04. The number of nitrogens with zero attached hydrogens (tertiary/aromatic N) is 2. The molecule has 0 aliphatic carbocycles. The molecule has 1 heterocycles. The molecule has 0 radical (unpaired) electrons. The third kappa shape index (κ3) is 2.31. The van der Waals surface area contributed by atoms with Gasteiger partial charge < -0.3 is 9.64 Å². The van der Waals surface area contributed by atoms with Crippen molar-refractivity contribution >= 4 is 18.3 Å². The van der Waals surface area contributed by atoms with Crippen molar-refractivity contribution in [2.45, 2.75) is 25.3 Å². The molecule has 0 amide bonds. The van der Waals surface area contributed by atoms with Crippen LogP contribution in [0.4, 0.5) is 0 Å². The molecule has 78 valence electrons. The van der Waals surface area contributed by atoms with Crippen LogP contribution in [0.15, 0.2) is 4.99 Å². The standard InChI is InChI=1S/C9H14N2O3/c1-9(10-6-11(2)3)5-4-7(12)14-8(9)13/h6H,4-5H2,1-3H3. The maximum absolute atomic E-state index is 11.4. The van der Waals surface area contributed by atoms with Crippen LogP contribution in [0, 0.1) is 0 Å². The molecule has 1 rings (SSSR count). The number of carbonyl (C=O) groups excluding carboxylic acids is 2. The number of esters is 2. The molecular weight excluding hydrogens is 184 g/mol. The van der Waals surface area contributed by atoms with Gasteiger partial charge in [-0.25, -0.2) is 4.79 Å². The molecule has 1 aliphatic heterocycles. The number of carbonyl (C=O) groups is 2. The van der Waals surface area contributed by atoms with E-state index < -0.39 is 17.5 Å². The molecule has 1 fully saturated rings. The minimum absolute atomic E-state index is 0.243. The molecule has 0 spiro atoms. The van der Waals surface area contributed by atoms with Gasteiger partial charge in [-0.15, -0.1) is 0 Å². The molecule has 0 aromatic carbocycles. The van der Waals surface area contributed by atoms with Crippen LogP contribution < -0.4 is 0 Å². The van der Waals surface area contributed by atoms with Gasteiger partial charge in [0.15, 0.2) is 5.54 Å². The molecule has 14 heavy (non-hydrogen) atoms. The van der Waals surface area contributed by atoms with Crippen LogP contribution in [-0.4, -0.2) is 42.8 Å². The highest BCUT2D eigenvalue weighted by Crippen LogP contribution is 2.24. The van der Waals surface area contributed by atoms with E-state index in [4.69, 9.17) is 0 Å². The molecule has 1 saturated heterocycles. The van der Waals surface area contributed by atoms with E-state index >= 15 is 0 Å². The van der Waals surface area contributed by atoms with Crippen molar-refractivity contribution in [3.8, 4) is 0 Å². The quantitative estimate of drug-likeness (QED) is 0.275. The lowest BCUT2D eigenvalue weighted by Gasteiger charge is -2.26. The normalized spacial score (nSPS) is 27.9. The van der Waals surface area contributed by atoms with Gasteiger partial charge in [0, 0.05) is 20.5 Å². The Balaban J connectivity index is 2.74. The van der Waals surface area contributed by atoms with Crippen molar-refractivity contribution < 1.29 is 14.3 Å². The summed E-state index contributed by atoms with van der Waals surface area (Å²) in [7, 11) is 3.62. The van der Waals surface area contributed by atoms with Crippen LogP contribution in [0.3, 0.4) is 0 Å². The monoisotopic (exact) mass is 198 g/mol. The van der Waals surface area contributed by atoms with Gasteiger partial charge in [0.1, 0.15) is 0 Å². The second-order valence-corrected chi connectivity index (χ2v) is 3.74. The minimum atomic E-state index is -0.905. The summed E-state index contributed by atoms with van der Waals surface area (Å²) in [5, 5.41) is 0. The van der Waals surface area contributed by atoms with Gasteiger partial charge in [-0.3, -0.25) is 9.79 Å². The van der Waals surface area contributed by atoms with Crippen LogP contribution in [-0.2, 0) is 14.3 Å². The predicted molar refractivity (Wildman–Crippen MR) is 50.9 cm³/mol. The predicted octanol–water partition coefficient (Wildman–Crippen LogP) is 0.199. The van der Waals surface area contributed by atoms with Crippen molar-refractivity contribution in [2.24, 2.45) is 4.99 Å². The topological polar surface area (TPSA) is 59.0 Å². The Labute approximate surface area is 82.7 Å². The maximum Gasteiger partial charge on any atom is 0.341 e. The zero-order chi connectivity index (χ0) is 10.8. The second-order valence-electron chi connectivity index (χ2n) is 3.74. The van der Waals surface area contributed by atoms with E-state index in [1.165, 1.54) is 0 Å². The molecule has 1 atom stereocenters. The summed E-state index contributed by atoms with van der Waals surface area (Å²) in [6.45, 7) is 1.67. The smallest absolute Gasteiger partial charge is 0.341 e. The molecule has 0 aromatic heterocycles. The zero-order valence-electron chi connectivity index (χ0n) is 8.61. The number of ether oxygens (including phenoxy) is 1. The second kappa shape index (κ2) is 3.77. The molecule has 5 nitrogen and oxygen atoms in total. The summed E-state index contributed by atoms with van der Waals surface area (Å²) >= 11 is 0. The van der Waals surface area contributed by atoms with Crippen molar-refractivity contribution in [1.29, 1.82) is 0 Å². The van der Waals surface area contributed by atoms with E-state index in [0.717, 1.165) is 0 Å². The molecule has 0 aromatic rings. The van der Waals surface area contributed by atoms with Crippen LogP contribution >= 0.6 is 0 Å². The third-order valence-electron chi connectivity index (χ3n) is 2.04. The van der Waals surface area contributed by atoms with Gasteiger partial charge in [0.25, 0.3) is 0 Å². The Morgan fingerprint density at radius 3 is 2.64 bits per heavy atom. The molecule has 1 unspecified atom stereocenters. The average molecular weight is 198 g/mol. The minimum Gasteiger partial charge on any atom is -0.391 e. The fraction of sp³-hybridized carbons (Fsp3) is 0.667. The highest BCUT2D eigenvalue weighted by molar-refractivity contribution is 5.94. The Hall–Kier alpha value is -1.39. The van der Waals surface area contributed by atoms with Crippen LogP contribution in [0.5, 0.6) is 0 Å². The van der Waals surface area contributed by atoms with Crippen molar-refractivity contribution in [1.82, 2.24) is 4.90 Å². The van der Waals surface area contributed by atoms with Gasteiger partial charge in [0.05, 0.1) is 6.34 Å². The lowest BCUT2D eigenvalue weighted by atomic mass is 9.95. The number of hydrogen-bond acceptors (Lipinski definition) is 4. The van der Waals surface area contributed by atoms with Crippen molar-refractivity contribution in [3.63, 3.8) is 0 Å². The number of cyclic esters (lactones) is 2. The fourth-order valence-corrected chi connectivity index (χ4v) is 1.07. The van der Waals surface area contributed by atoms with Crippen molar-refractivity contribution in [3.05, 3.63) is 0 Å². The first-order chi connectivity index (χ1) is 6.44. The highest BCUT2D eigenvalue weighted by atomic mass is 16.6. The molecule has 0 bridgehead atoms. The van der Waals surface area contributed by atoms with Crippen LogP contribution in [0.2, 0.25) is 0 Å². The first kappa shape index (κ1) is 10.7. The Morgan fingerprint density at radius 2 is 2.14 bits per heavy atom. The Morgan fingerprint density at radius 1 is 1.50 bits per heavy atom. The summed E-state index contributed by atoms with van der Waals surface area (Å²) in [5.41, 5.74) is -0.905. The van der Waals surface area contributed by atoms with Crippen LogP contribution in [0.25, 0.3) is 0 Å². The SMILES string of the molecule is CN(C)C=NC1(C)CCC(=O)OC1=O. The molecule has 0 N–H and O–H groups in total. The van der Waals surface area contributed by atoms with E-state index in [0.29, 0.717) is 6.42 Å². The van der Waals surface area contributed by atoms with Gasteiger partial charge in [-0.2, -0.15) is 0 Å². The Bertz CT molecular complexity index is 286. The summed E-state index contributed by atoms with van der Waals surface area (Å²) in [6, 6.07) is 0. The number of rotatable bonds is 2. The number of hydrogen-bond donors (Lipinski definition) is 0. The van der Waals surface area contributed by atoms with Gasteiger partial charge >= 0.3 is 11.9 Å². The van der Waals surface area contributed by atoms with E-state index in [9.17, 15) is 9.59 Å². The van der Waals surface area contributed by atoms with E-state index in [-0.39, 0.29) is 6.42 Å². The van der Waals surface area contributed by atoms with Gasteiger partial charge in [0.2, 0.25) is 0 Å². The van der Waals surface area contributed by atoms with E-state index in [1.54, 1.807) is 18.2 Å². The summed E-state index contributed by atoms with van der Waals surface area (Å²) in [6.07, 6.45) is 2.21. The van der Waals surface area contributed by atoms with Gasteiger partial charge in [-0.05, 0) is 13.3 Å². The lowest BCUT2D eigenvalue weighted by molar-refractivity contribution is -0.168. The molecular formula is C9H14N2O3. The first-order valence-electron chi connectivity index (χ1n) is 4.41. The van der Waals surface area contributed by atoms with Gasteiger partial charge in [-0.1, -0.05) is 0 Å². The summed E-state index contributed by atoms with van der Waals surface area (Å²) < 4.78 is 4.52. The zero-order valence-corrected chi connectivity index (χ0v) is 8.61. The van der Waals surface area contributed by atoms with E-state index in [1.807, 2.05) is 14.1 Å². The first-order valence-corrected chi connectivity index (χ1v) is 4.41. The maximum atomic E-state index is 11.4. The van der Waals surface area contributed by atoms with E-state index in [2.05, 4.69) is 9.73 Å². The Kier molecular flexibility index (Phi) is 2.88. The number of aliphatic imine (C=N–C) groups is 1. The molecule has 0 saturated carbocycles. The molecule has 5 heteroatoms. The molecule has 1 aliphatic rings. The lowest BCUT2D eigenvalue weighted by Crippen LogP contribution is -2.42. The average Bonchev–Trinajstić information content (AvgIpc) is 2.09. The highest BCUT2D eigenvalue weighted by Gasteiger charge is 2.40.